The largest absolute Gasteiger partial charge is 0.481 e. The van der Waals surface area contributed by atoms with Gasteiger partial charge in [-0.25, -0.2) is 9.97 Å². The van der Waals surface area contributed by atoms with E-state index in [1.807, 2.05) is 43.3 Å². The smallest absolute Gasteiger partial charge is 0.260 e. The topological polar surface area (TPSA) is 79.4 Å². The molecule has 2 heterocycles. The van der Waals surface area contributed by atoms with E-state index in [-0.39, 0.29) is 5.91 Å². The summed E-state index contributed by atoms with van der Waals surface area (Å²) in [7, 11) is 0. The van der Waals surface area contributed by atoms with Crippen LogP contribution < -0.4 is 20.3 Å². The molecular weight excluding hydrogens is 342 g/mol. The number of anilines is 2. The first-order chi connectivity index (χ1) is 13.1. The fraction of sp³-hybridized carbons (Fsp3) is 0.450. The second kappa shape index (κ2) is 9.21. The highest BCUT2D eigenvalue weighted by atomic mass is 16.5. The predicted molar refractivity (Wildman–Crippen MR) is 106 cm³/mol. The molecule has 7 heteroatoms. The Morgan fingerprint density at radius 2 is 1.93 bits per heavy atom. The molecule has 0 bridgehead atoms. The number of carbonyl (C=O) groups is 1. The zero-order chi connectivity index (χ0) is 19.1. The van der Waals surface area contributed by atoms with Crippen molar-refractivity contribution in [2.45, 2.75) is 32.8 Å². The minimum absolute atomic E-state index is 0.141. The van der Waals surface area contributed by atoms with Crippen LogP contribution in [0.4, 0.5) is 11.6 Å². The maximum atomic E-state index is 12.1. The van der Waals surface area contributed by atoms with Crippen LogP contribution >= 0.6 is 0 Å². The van der Waals surface area contributed by atoms with Gasteiger partial charge in [0.25, 0.3) is 5.91 Å². The molecule has 0 aliphatic carbocycles. The highest BCUT2D eigenvalue weighted by molar-refractivity contribution is 5.80. The Balaban J connectivity index is 1.43. The van der Waals surface area contributed by atoms with Crippen LogP contribution in [0.3, 0.4) is 0 Å². The van der Waals surface area contributed by atoms with Crippen LogP contribution in [-0.4, -0.2) is 48.2 Å². The van der Waals surface area contributed by atoms with Gasteiger partial charge in [0.1, 0.15) is 23.2 Å². The molecule has 1 aliphatic heterocycles. The van der Waals surface area contributed by atoms with Crippen molar-refractivity contribution in [2.75, 3.05) is 36.4 Å². The third kappa shape index (κ3) is 5.57. The summed E-state index contributed by atoms with van der Waals surface area (Å²) in [5.74, 6) is 3.04. The number of amides is 1. The molecule has 1 aliphatic rings. The van der Waals surface area contributed by atoms with E-state index in [4.69, 9.17) is 4.74 Å². The number of benzene rings is 1. The summed E-state index contributed by atoms with van der Waals surface area (Å²) in [4.78, 5) is 23.4. The van der Waals surface area contributed by atoms with Gasteiger partial charge < -0.3 is 20.3 Å². The first-order valence-electron chi connectivity index (χ1n) is 9.46. The number of rotatable bonds is 8. The number of aromatic nitrogens is 2. The van der Waals surface area contributed by atoms with Gasteiger partial charge in [-0.1, -0.05) is 18.2 Å². The molecule has 1 atom stereocenters. The lowest BCUT2D eigenvalue weighted by Crippen LogP contribution is -2.38. The molecule has 0 spiro atoms. The zero-order valence-electron chi connectivity index (χ0n) is 15.9. The summed E-state index contributed by atoms with van der Waals surface area (Å²) in [5.41, 5.74) is 0. The summed E-state index contributed by atoms with van der Waals surface area (Å²) >= 11 is 0. The highest BCUT2D eigenvalue weighted by Gasteiger charge is 2.16. The first kappa shape index (κ1) is 18.9. The van der Waals surface area contributed by atoms with Crippen molar-refractivity contribution < 1.29 is 9.53 Å². The fourth-order valence-electron chi connectivity index (χ4n) is 3.03. The molecule has 1 fully saturated rings. The van der Waals surface area contributed by atoms with E-state index in [0.29, 0.717) is 18.8 Å². The van der Waals surface area contributed by atoms with Crippen molar-refractivity contribution in [3.63, 3.8) is 0 Å². The maximum absolute atomic E-state index is 12.1. The lowest BCUT2D eigenvalue weighted by atomic mass is 10.3. The average Bonchev–Trinajstić information content (AvgIpc) is 3.20. The number of hydrogen-bond acceptors (Lipinski definition) is 6. The third-order valence-corrected chi connectivity index (χ3v) is 4.41. The highest BCUT2D eigenvalue weighted by Crippen LogP contribution is 2.20. The van der Waals surface area contributed by atoms with Crippen LogP contribution in [0.25, 0.3) is 0 Å². The second-order valence-electron chi connectivity index (χ2n) is 6.64. The summed E-state index contributed by atoms with van der Waals surface area (Å²) in [6, 6.07) is 11.3. The van der Waals surface area contributed by atoms with Gasteiger partial charge in [0.2, 0.25) is 0 Å². The predicted octanol–water partition coefficient (Wildman–Crippen LogP) is 2.38. The SMILES string of the molecule is Cc1nc(NCCNC(=O)C(C)Oc2ccccc2)cc(N2CCCC2)n1. The van der Waals surface area contributed by atoms with Gasteiger partial charge in [0.05, 0.1) is 0 Å². The number of ether oxygens (including phenoxy) is 1. The van der Waals surface area contributed by atoms with E-state index < -0.39 is 6.10 Å². The van der Waals surface area contributed by atoms with Gasteiger partial charge in [-0.2, -0.15) is 0 Å². The third-order valence-electron chi connectivity index (χ3n) is 4.41. The van der Waals surface area contributed by atoms with E-state index in [2.05, 4.69) is 25.5 Å². The normalized spacial score (nSPS) is 14.7. The lowest BCUT2D eigenvalue weighted by molar-refractivity contribution is -0.127. The number of aryl methyl sites for hydroxylation is 1. The van der Waals surface area contributed by atoms with E-state index in [9.17, 15) is 4.79 Å². The zero-order valence-corrected chi connectivity index (χ0v) is 15.9. The quantitative estimate of drug-likeness (QED) is 0.696. The second-order valence-corrected chi connectivity index (χ2v) is 6.64. The summed E-state index contributed by atoms with van der Waals surface area (Å²) in [5, 5.41) is 6.14. The van der Waals surface area contributed by atoms with Crippen molar-refractivity contribution in [2.24, 2.45) is 0 Å². The van der Waals surface area contributed by atoms with Crippen molar-refractivity contribution in [1.29, 1.82) is 0 Å². The molecule has 144 valence electrons. The molecule has 1 aromatic carbocycles. The van der Waals surface area contributed by atoms with Crippen molar-refractivity contribution in [3.8, 4) is 5.75 Å². The number of nitrogens with zero attached hydrogens (tertiary/aromatic N) is 3. The van der Waals surface area contributed by atoms with E-state index in [1.54, 1.807) is 6.92 Å². The van der Waals surface area contributed by atoms with Crippen molar-refractivity contribution in [1.82, 2.24) is 15.3 Å². The molecule has 1 unspecified atom stereocenters. The van der Waals surface area contributed by atoms with Crippen LogP contribution in [0.1, 0.15) is 25.6 Å². The van der Waals surface area contributed by atoms with Gasteiger partial charge in [0, 0.05) is 32.2 Å². The Hall–Kier alpha value is -2.83. The number of para-hydroxylation sites is 1. The Morgan fingerprint density at radius 1 is 1.19 bits per heavy atom. The summed E-state index contributed by atoms with van der Waals surface area (Å²) < 4.78 is 5.62. The van der Waals surface area contributed by atoms with Crippen LogP contribution in [0.5, 0.6) is 5.75 Å². The van der Waals surface area contributed by atoms with Gasteiger partial charge in [-0.3, -0.25) is 4.79 Å². The standard InChI is InChI=1S/C20H27N5O2/c1-15(27-17-8-4-3-5-9-17)20(26)22-11-10-21-18-14-19(24-16(2)23-18)25-12-6-7-13-25/h3-5,8-9,14-15H,6-7,10-13H2,1-2H3,(H,22,26)(H,21,23,24). The van der Waals surface area contributed by atoms with Crippen LogP contribution in [-0.2, 0) is 4.79 Å². The molecule has 1 saturated heterocycles. The molecule has 7 nitrogen and oxygen atoms in total. The fourth-order valence-corrected chi connectivity index (χ4v) is 3.03. The molecule has 27 heavy (non-hydrogen) atoms. The summed E-state index contributed by atoms with van der Waals surface area (Å²) in [6.07, 6.45) is 1.87. The Morgan fingerprint density at radius 3 is 2.67 bits per heavy atom. The molecule has 0 saturated carbocycles. The number of carbonyl (C=O) groups excluding carboxylic acids is 1. The minimum Gasteiger partial charge on any atom is -0.481 e. The van der Waals surface area contributed by atoms with Crippen LogP contribution in [0, 0.1) is 6.92 Å². The van der Waals surface area contributed by atoms with E-state index in [1.165, 1.54) is 12.8 Å². The molecule has 3 rings (SSSR count). The minimum atomic E-state index is -0.546. The van der Waals surface area contributed by atoms with E-state index in [0.717, 1.165) is 30.5 Å². The molecule has 0 radical (unpaired) electrons. The van der Waals surface area contributed by atoms with E-state index >= 15 is 0 Å². The van der Waals surface area contributed by atoms with Gasteiger partial charge in [0.15, 0.2) is 6.10 Å². The van der Waals surface area contributed by atoms with Gasteiger partial charge in [-0.15, -0.1) is 0 Å². The maximum Gasteiger partial charge on any atom is 0.260 e. The summed E-state index contributed by atoms with van der Waals surface area (Å²) in [6.45, 7) is 6.81. The van der Waals surface area contributed by atoms with Crippen molar-refractivity contribution >= 4 is 17.5 Å². The molecule has 1 amide bonds. The lowest BCUT2D eigenvalue weighted by Gasteiger charge is -2.18. The Bertz CT molecular complexity index is 747. The Labute approximate surface area is 160 Å². The molecule has 2 N–H and O–H groups in total. The number of hydrogen-bond donors (Lipinski definition) is 2. The van der Waals surface area contributed by atoms with Crippen molar-refractivity contribution in [3.05, 3.63) is 42.2 Å². The molecule has 1 aromatic heterocycles. The Kier molecular flexibility index (Phi) is 6.46. The van der Waals surface area contributed by atoms with Gasteiger partial charge >= 0.3 is 0 Å². The van der Waals surface area contributed by atoms with Crippen LogP contribution in [0.2, 0.25) is 0 Å². The average molecular weight is 369 g/mol. The molecule has 2 aromatic rings. The monoisotopic (exact) mass is 369 g/mol. The van der Waals surface area contributed by atoms with Gasteiger partial charge in [-0.05, 0) is 38.8 Å². The van der Waals surface area contributed by atoms with Crippen LogP contribution in [0.15, 0.2) is 36.4 Å². The number of nitrogens with one attached hydrogen (secondary N) is 2. The molecular formula is C20H27N5O2. The first-order valence-corrected chi connectivity index (χ1v) is 9.46.